The average Bonchev–Trinajstić information content (AvgIpc) is 3.43. The molecule has 0 radical (unpaired) electrons. The average molecular weight is 455 g/mol. The van der Waals surface area contributed by atoms with Crippen LogP contribution in [0.4, 0.5) is 5.69 Å². The number of nitrogens with zero attached hydrogens (tertiary/aromatic N) is 3. The van der Waals surface area contributed by atoms with E-state index in [1.165, 1.54) is 50.1 Å². The third kappa shape index (κ3) is 6.14. The molecule has 7 nitrogen and oxygen atoms in total. The van der Waals surface area contributed by atoms with E-state index in [4.69, 9.17) is 0 Å². The number of hydrogen-bond donors (Lipinski definition) is 1. The number of rotatable bonds is 11. The lowest BCUT2D eigenvalue weighted by molar-refractivity contribution is -0.126. The van der Waals surface area contributed by atoms with E-state index in [9.17, 15) is 14.4 Å². The van der Waals surface area contributed by atoms with Crippen LogP contribution in [0.25, 0.3) is 0 Å². The molecule has 1 aromatic rings. The fourth-order valence-electron chi connectivity index (χ4n) is 5.55. The maximum absolute atomic E-state index is 11.8. The number of amides is 3. The molecule has 3 fully saturated rings. The molecule has 2 heterocycles. The Morgan fingerprint density at radius 1 is 1.21 bits per heavy atom. The Morgan fingerprint density at radius 2 is 1.94 bits per heavy atom. The van der Waals surface area contributed by atoms with Crippen LogP contribution in [0.1, 0.15) is 50.2 Å². The van der Waals surface area contributed by atoms with Crippen LogP contribution in [0.15, 0.2) is 18.2 Å². The molecule has 1 aliphatic carbocycles. The second-order valence-corrected chi connectivity index (χ2v) is 10.4. The highest BCUT2D eigenvalue weighted by molar-refractivity contribution is 5.85. The van der Waals surface area contributed by atoms with Crippen LogP contribution in [0.3, 0.4) is 0 Å². The van der Waals surface area contributed by atoms with Crippen LogP contribution in [0.2, 0.25) is 0 Å². The minimum atomic E-state index is -0.314. The number of likely N-dealkylation sites (tertiary alicyclic amines) is 1. The number of aryl methyl sites for hydroxylation is 1. The Hall–Kier alpha value is -2.41. The van der Waals surface area contributed by atoms with Crippen LogP contribution < -0.4 is 10.2 Å². The first-order valence-corrected chi connectivity index (χ1v) is 12.5. The van der Waals surface area contributed by atoms with Crippen molar-refractivity contribution in [3.63, 3.8) is 0 Å². The molecule has 1 aromatic carbocycles. The SMILES string of the molecule is Cc1ccc(N2CCC(CN3CC4CC4C3)CC2)cc1CN(C=O)C(C)CCC(=O)NC=O. The first-order valence-electron chi connectivity index (χ1n) is 12.5. The number of nitrogens with one attached hydrogen (secondary N) is 1. The van der Waals surface area contributed by atoms with E-state index in [1.807, 2.05) is 6.92 Å². The largest absolute Gasteiger partial charge is 0.372 e. The number of imide groups is 1. The first kappa shape index (κ1) is 23.7. The van der Waals surface area contributed by atoms with Crippen LogP contribution in [-0.2, 0) is 20.9 Å². The van der Waals surface area contributed by atoms with Crippen molar-refractivity contribution < 1.29 is 14.4 Å². The zero-order valence-corrected chi connectivity index (χ0v) is 20.0. The lowest BCUT2D eigenvalue weighted by Crippen LogP contribution is -2.38. The van der Waals surface area contributed by atoms with Crippen molar-refractivity contribution in [2.45, 2.75) is 58.5 Å². The van der Waals surface area contributed by atoms with Crippen molar-refractivity contribution >= 4 is 24.4 Å². The summed E-state index contributed by atoms with van der Waals surface area (Å²) in [7, 11) is 0. The van der Waals surface area contributed by atoms with E-state index in [-0.39, 0.29) is 18.4 Å². The molecule has 2 saturated heterocycles. The van der Waals surface area contributed by atoms with E-state index in [0.717, 1.165) is 42.8 Å². The molecule has 0 bridgehead atoms. The number of carbonyl (C=O) groups excluding carboxylic acids is 3. The molecule has 0 aromatic heterocycles. The van der Waals surface area contributed by atoms with Crippen LogP contribution >= 0.6 is 0 Å². The van der Waals surface area contributed by atoms with Crippen molar-refractivity contribution in [1.82, 2.24) is 15.1 Å². The number of fused-ring (bicyclic) bond motifs is 1. The second kappa shape index (κ2) is 10.7. The van der Waals surface area contributed by atoms with Gasteiger partial charge in [0.05, 0.1) is 0 Å². The highest BCUT2D eigenvalue weighted by atomic mass is 16.2. The zero-order valence-electron chi connectivity index (χ0n) is 20.0. The van der Waals surface area contributed by atoms with E-state index in [0.29, 0.717) is 19.4 Å². The molecule has 3 aliphatic rings. The van der Waals surface area contributed by atoms with Gasteiger partial charge in [-0.25, -0.2) is 0 Å². The monoisotopic (exact) mass is 454 g/mol. The molecule has 1 N–H and O–H groups in total. The molecule has 33 heavy (non-hydrogen) atoms. The first-order chi connectivity index (χ1) is 16.0. The highest BCUT2D eigenvalue weighted by Crippen LogP contribution is 2.45. The van der Waals surface area contributed by atoms with Gasteiger partial charge in [-0.15, -0.1) is 0 Å². The molecule has 3 amide bonds. The van der Waals surface area contributed by atoms with Crippen LogP contribution in [0.5, 0.6) is 0 Å². The van der Waals surface area contributed by atoms with Gasteiger partial charge < -0.3 is 14.7 Å². The number of hydrogen-bond acceptors (Lipinski definition) is 5. The number of carbonyl (C=O) groups is 3. The van der Waals surface area contributed by atoms with E-state index in [2.05, 4.69) is 40.2 Å². The summed E-state index contributed by atoms with van der Waals surface area (Å²) in [6.45, 7) is 10.7. The molecule has 2 aliphatic heterocycles. The minimum Gasteiger partial charge on any atom is -0.372 e. The minimum absolute atomic E-state index is 0.0877. The van der Waals surface area contributed by atoms with Gasteiger partial charge in [-0.1, -0.05) is 6.07 Å². The Morgan fingerprint density at radius 3 is 2.61 bits per heavy atom. The maximum Gasteiger partial charge on any atom is 0.226 e. The van der Waals surface area contributed by atoms with Gasteiger partial charge in [0.2, 0.25) is 18.7 Å². The predicted molar refractivity (Wildman–Crippen MR) is 129 cm³/mol. The van der Waals surface area contributed by atoms with Gasteiger partial charge in [-0.3, -0.25) is 19.7 Å². The van der Waals surface area contributed by atoms with Gasteiger partial charge >= 0.3 is 0 Å². The quantitative estimate of drug-likeness (QED) is 0.521. The van der Waals surface area contributed by atoms with Crippen LogP contribution in [-0.4, -0.2) is 67.3 Å². The predicted octanol–water partition coefficient (Wildman–Crippen LogP) is 2.56. The molecule has 0 spiro atoms. The standard InChI is InChI=1S/C26H38N4O3/c1-19-3-5-25(12-22(19)16-30(18-32)20(2)4-6-26(33)27-17-31)29-9-7-21(8-10-29)13-28-14-23-11-24(23)15-28/h3,5,12,17-18,20-21,23-24H,4,6-11,13-16H2,1-2H3,(H,27,31,33). The molecular formula is C26H38N4O3. The Kier molecular flexibility index (Phi) is 7.68. The molecule has 3 atom stereocenters. The summed E-state index contributed by atoms with van der Waals surface area (Å²) in [6, 6.07) is 6.49. The molecule has 3 unspecified atom stereocenters. The summed E-state index contributed by atoms with van der Waals surface area (Å²) >= 11 is 0. The van der Waals surface area contributed by atoms with Crippen molar-refractivity contribution in [2.24, 2.45) is 17.8 Å². The fraction of sp³-hybridized carbons (Fsp3) is 0.654. The third-order valence-corrected chi connectivity index (χ3v) is 7.95. The summed E-state index contributed by atoms with van der Waals surface area (Å²) in [5.74, 6) is 2.52. The summed E-state index contributed by atoms with van der Waals surface area (Å²) in [5.41, 5.74) is 3.54. The zero-order chi connectivity index (χ0) is 23.4. The summed E-state index contributed by atoms with van der Waals surface area (Å²) in [5, 5.41) is 2.15. The van der Waals surface area contributed by atoms with Gasteiger partial charge in [0, 0.05) is 57.4 Å². The van der Waals surface area contributed by atoms with Gasteiger partial charge in [0.25, 0.3) is 0 Å². The van der Waals surface area contributed by atoms with Gasteiger partial charge in [-0.2, -0.15) is 0 Å². The number of anilines is 1. The Labute approximate surface area is 197 Å². The van der Waals surface area contributed by atoms with Crippen molar-refractivity contribution in [1.29, 1.82) is 0 Å². The van der Waals surface area contributed by atoms with Crippen molar-refractivity contribution in [3.8, 4) is 0 Å². The molecule has 4 rings (SSSR count). The van der Waals surface area contributed by atoms with Gasteiger partial charge in [0.1, 0.15) is 0 Å². The van der Waals surface area contributed by atoms with E-state index >= 15 is 0 Å². The Bertz CT molecular complexity index is 842. The van der Waals surface area contributed by atoms with E-state index in [1.54, 1.807) is 4.90 Å². The lowest BCUT2D eigenvalue weighted by Gasteiger charge is -2.36. The lowest BCUT2D eigenvalue weighted by atomic mass is 9.95. The highest BCUT2D eigenvalue weighted by Gasteiger charge is 2.45. The second-order valence-electron chi connectivity index (χ2n) is 10.4. The topological polar surface area (TPSA) is 73.0 Å². The summed E-state index contributed by atoms with van der Waals surface area (Å²) < 4.78 is 0. The van der Waals surface area contributed by atoms with Crippen molar-refractivity contribution in [3.05, 3.63) is 29.3 Å². The fourth-order valence-corrected chi connectivity index (χ4v) is 5.55. The van der Waals surface area contributed by atoms with Gasteiger partial charge in [-0.05, 0) is 80.5 Å². The molecule has 7 heteroatoms. The van der Waals surface area contributed by atoms with Crippen LogP contribution in [0, 0.1) is 24.7 Å². The molecule has 180 valence electrons. The summed E-state index contributed by atoms with van der Waals surface area (Å²) in [6.07, 6.45) is 5.96. The van der Waals surface area contributed by atoms with Crippen molar-refractivity contribution in [2.75, 3.05) is 37.6 Å². The normalized spacial score (nSPS) is 23.6. The third-order valence-electron chi connectivity index (χ3n) is 7.95. The van der Waals surface area contributed by atoms with Gasteiger partial charge in [0.15, 0.2) is 0 Å². The summed E-state index contributed by atoms with van der Waals surface area (Å²) in [4.78, 5) is 40.7. The molecular weight excluding hydrogens is 416 g/mol. The maximum atomic E-state index is 11.8. The number of piperidine rings is 2. The Balaban J connectivity index is 1.29. The number of benzene rings is 1. The van der Waals surface area contributed by atoms with E-state index < -0.39 is 0 Å². The molecule has 1 saturated carbocycles. The smallest absolute Gasteiger partial charge is 0.226 e.